The van der Waals surface area contributed by atoms with E-state index in [9.17, 15) is 15.2 Å². The Morgan fingerprint density at radius 2 is 1.90 bits per heavy atom. The summed E-state index contributed by atoms with van der Waals surface area (Å²) in [7, 11) is 0. The average Bonchev–Trinajstić information content (AvgIpc) is 2.43. The van der Waals surface area contributed by atoms with Crippen molar-refractivity contribution in [3.05, 3.63) is 62.1 Å². The molecule has 1 N–H and O–H groups in total. The van der Waals surface area contributed by atoms with E-state index in [-0.39, 0.29) is 5.69 Å². The zero-order valence-electron chi connectivity index (χ0n) is 10.9. The summed E-state index contributed by atoms with van der Waals surface area (Å²) in [6.45, 7) is 1.56. The first-order valence-electron chi connectivity index (χ1n) is 5.98. The van der Waals surface area contributed by atoms with Crippen LogP contribution in [0.3, 0.4) is 0 Å². The van der Waals surface area contributed by atoms with Crippen molar-refractivity contribution in [2.75, 3.05) is 0 Å². The van der Waals surface area contributed by atoms with Gasteiger partial charge in [-0.1, -0.05) is 41.0 Å². The number of nitro groups is 1. The Hall–Kier alpha value is -1.27. The maximum absolute atomic E-state index is 11.2. The molecule has 0 aliphatic rings. The Balaban J connectivity index is 2.39. The van der Waals surface area contributed by atoms with Crippen molar-refractivity contribution < 1.29 is 10.0 Å². The minimum Gasteiger partial charge on any atom is -0.389 e. The Morgan fingerprint density at radius 1 is 1.19 bits per heavy atom. The second-order valence-corrected chi connectivity index (χ2v) is 6.27. The third-order valence-electron chi connectivity index (χ3n) is 2.78. The molecule has 0 saturated carbocycles. The van der Waals surface area contributed by atoms with Crippen molar-refractivity contribution in [2.24, 2.45) is 0 Å². The van der Waals surface area contributed by atoms with Crippen molar-refractivity contribution >= 4 is 40.7 Å². The van der Waals surface area contributed by atoms with Gasteiger partial charge in [0, 0.05) is 11.0 Å². The van der Waals surface area contributed by atoms with Crippen LogP contribution < -0.4 is 0 Å². The molecule has 110 valence electrons. The summed E-state index contributed by atoms with van der Waals surface area (Å²) in [5.74, 6) is 0. The SMILES string of the molecule is C[C@@H](O)c1ccc(Sc2ccc(Cl)c(Cl)c2)c([N+](=O)[O-])c1. The number of aliphatic hydroxyl groups is 1. The molecule has 2 aromatic carbocycles. The van der Waals surface area contributed by atoms with E-state index in [1.165, 1.54) is 17.8 Å². The molecule has 0 saturated heterocycles. The Morgan fingerprint density at radius 3 is 2.48 bits per heavy atom. The summed E-state index contributed by atoms with van der Waals surface area (Å²) in [6, 6.07) is 9.70. The molecule has 2 rings (SSSR count). The second kappa shape index (κ2) is 6.66. The normalized spacial score (nSPS) is 12.2. The number of nitrogens with zero attached hydrogens (tertiary/aromatic N) is 1. The first kappa shape index (κ1) is 16.1. The lowest BCUT2D eigenvalue weighted by molar-refractivity contribution is -0.387. The van der Waals surface area contributed by atoms with Crippen LogP contribution in [0.2, 0.25) is 10.0 Å². The minimum absolute atomic E-state index is 0.0514. The van der Waals surface area contributed by atoms with E-state index >= 15 is 0 Å². The maximum Gasteiger partial charge on any atom is 0.283 e. The molecule has 0 amide bonds. The predicted molar refractivity (Wildman–Crippen MR) is 84.3 cm³/mol. The summed E-state index contributed by atoms with van der Waals surface area (Å²) >= 11 is 13.0. The number of hydrogen-bond acceptors (Lipinski definition) is 4. The van der Waals surface area contributed by atoms with Crippen molar-refractivity contribution in [3.63, 3.8) is 0 Å². The zero-order valence-corrected chi connectivity index (χ0v) is 13.2. The largest absolute Gasteiger partial charge is 0.389 e. The number of aliphatic hydroxyl groups excluding tert-OH is 1. The van der Waals surface area contributed by atoms with Crippen molar-refractivity contribution in [1.29, 1.82) is 0 Å². The van der Waals surface area contributed by atoms with Crippen molar-refractivity contribution in [2.45, 2.75) is 22.8 Å². The van der Waals surface area contributed by atoms with Crippen molar-refractivity contribution in [1.82, 2.24) is 0 Å². The fraction of sp³-hybridized carbons (Fsp3) is 0.143. The average molecular weight is 344 g/mol. The van der Waals surface area contributed by atoms with E-state index in [4.69, 9.17) is 23.2 Å². The van der Waals surface area contributed by atoms with Crippen molar-refractivity contribution in [3.8, 4) is 0 Å². The van der Waals surface area contributed by atoms with Gasteiger partial charge in [0.05, 0.1) is 26.0 Å². The standard InChI is InChI=1S/C14H11Cl2NO3S/c1-8(18)9-2-5-14(13(6-9)17(19)20)21-10-3-4-11(15)12(16)7-10/h2-8,18H,1H3/t8-/m1/s1. The molecule has 0 heterocycles. The highest BCUT2D eigenvalue weighted by molar-refractivity contribution is 7.99. The number of rotatable bonds is 4. The van der Waals surface area contributed by atoms with Gasteiger partial charge in [0.2, 0.25) is 0 Å². The van der Waals surface area contributed by atoms with Crippen LogP contribution in [0.15, 0.2) is 46.2 Å². The highest BCUT2D eigenvalue weighted by Crippen LogP contribution is 2.38. The second-order valence-electron chi connectivity index (χ2n) is 4.34. The number of benzene rings is 2. The molecule has 2 aromatic rings. The number of nitro benzene ring substituents is 1. The fourth-order valence-corrected chi connectivity index (χ4v) is 2.99. The molecule has 0 aliphatic heterocycles. The minimum atomic E-state index is -0.757. The molecule has 0 aromatic heterocycles. The molecule has 0 aliphatic carbocycles. The van der Waals surface area contributed by atoms with E-state index in [0.29, 0.717) is 20.5 Å². The predicted octanol–water partition coefficient (Wildman–Crippen LogP) is 5.11. The summed E-state index contributed by atoms with van der Waals surface area (Å²) in [5.41, 5.74) is 0.449. The molecule has 4 nitrogen and oxygen atoms in total. The van der Waals surface area contributed by atoms with Crippen LogP contribution in [-0.2, 0) is 0 Å². The van der Waals surface area contributed by atoms with Crippen LogP contribution in [0.5, 0.6) is 0 Å². The van der Waals surface area contributed by atoms with Gasteiger partial charge >= 0.3 is 0 Å². The lowest BCUT2D eigenvalue weighted by Gasteiger charge is -2.08. The molecule has 0 spiro atoms. The molecule has 0 radical (unpaired) electrons. The van der Waals surface area contributed by atoms with Crippen LogP contribution in [0.1, 0.15) is 18.6 Å². The third-order valence-corrected chi connectivity index (χ3v) is 4.57. The topological polar surface area (TPSA) is 63.4 Å². The van der Waals surface area contributed by atoms with Crippen LogP contribution in [0.25, 0.3) is 0 Å². The Bertz CT molecular complexity index is 692. The van der Waals surface area contributed by atoms with Gasteiger partial charge in [0.25, 0.3) is 5.69 Å². The quantitative estimate of drug-likeness (QED) is 0.619. The van der Waals surface area contributed by atoms with Gasteiger partial charge in [-0.15, -0.1) is 0 Å². The monoisotopic (exact) mass is 343 g/mol. The molecule has 21 heavy (non-hydrogen) atoms. The smallest absolute Gasteiger partial charge is 0.283 e. The van der Waals surface area contributed by atoms with Gasteiger partial charge in [0.1, 0.15) is 0 Å². The van der Waals surface area contributed by atoms with E-state index in [2.05, 4.69) is 0 Å². The van der Waals surface area contributed by atoms with Crippen LogP contribution in [-0.4, -0.2) is 10.0 Å². The zero-order chi connectivity index (χ0) is 15.6. The van der Waals surface area contributed by atoms with Gasteiger partial charge in [0.15, 0.2) is 0 Å². The lowest BCUT2D eigenvalue weighted by atomic mass is 10.1. The highest BCUT2D eigenvalue weighted by atomic mass is 35.5. The fourth-order valence-electron chi connectivity index (χ4n) is 1.69. The highest BCUT2D eigenvalue weighted by Gasteiger charge is 2.17. The van der Waals surface area contributed by atoms with Crippen LogP contribution in [0, 0.1) is 10.1 Å². The summed E-state index contributed by atoms with van der Waals surface area (Å²) in [5, 5.41) is 21.5. The molecule has 7 heteroatoms. The summed E-state index contributed by atoms with van der Waals surface area (Å²) in [6.07, 6.45) is -0.757. The lowest BCUT2D eigenvalue weighted by Crippen LogP contribution is -1.96. The maximum atomic E-state index is 11.2. The number of halogens is 2. The van der Waals surface area contributed by atoms with E-state index in [1.54, 1.807) is 37.3 Å². The number of hydrogen-bond donors (Lipinski definition) is 1. The van der Waals surface area contributed by atoms with E-state index in [0.717, 1.165) is 4.90 Å². The molecular formula is C14H11Cl2NO3S. The Kier molecular flexibility index (Phi) is 5.11. The third kappa shape index (κ3) is 3.89. The van der Waals surface area contributed by atoms with Gasteiger partial charge in [-0.2, -0.15) is 0 Å². The van der Waals surface area contributed by atoms with Gasteiger partial charge in [-0.3, -0.25) is 10.1 Å². The first-order chi connectivity index (χ1) is 9.88. The first-order valence-corrected chi connectivity index (χ1v) is 7.55. The molecular weight excluding hydrogens is 333 g/mol. The molecule has 0 fully saturated rings. The summed E-state index contributed by atoms with van der Waals surface area (Å²) in [4.78, 5) is 11.9. The van der Waals surface area contributed by atoms with Crippen LogP contribution >= 0.6 is 35.0 Å². The Labute approximate surface area is 135 Å². The molecule has 1 atom stereocenters. The van der Waals surface area contributed by atoms with Crippen LogP contribution in [0.4, 0.5) is 5.69 Å². The molecule has 0 bridgehead atoms. The van der Waals surface area contributed by atoms with Gasteiger partial charge in [-0.05, 0) is 36.8 Å². The van der Waals surface area contributed by atoms with Gasteiger partial charge < -0.3 is 5.11 Å². The molecule has 0 unspecified atom stereocenters. The summed E-state index contributed by atoms with van der Waals surface area (Å²) < 4.78 is 0. The van der Waals surface area contributed by atoms with Gasteiger partial charge in [-0.25, -0.2) is 0 Å². The van der Waals surface area contributed by atoms with E-state index < -0.39 is 11.0 Å². The van der Waals surface area contributed by atoms with E-state index in [1.807, 2.05) is 0 Å².